The van der Waals surface area contributed by atoms with Gasteiger partial charge in [-0.25, -0.2) is 0 Å². The molecule has 0 aliphatic rings. The van der Waals surface area contributed by atoms with Gasteiger partial charge in [0.1, 0.15) is 0 Å². The van der Waals surface area contributed by atoms with E-state index in [0.717, 1.165) is 31.9 Å². The Kier molecular flexibility index (Phi) is 4.31. The minimum Gasteiger partial charge on any atom is -0.366 e. The first-order valence-electron chi connectivity index (χ1n) is 8.32. The van der Waals surface area contributed by atoms with Gasteiger partial charge in [-0.2, -0.15) is 0 Å². The van der Waals surface area contributed by atoms with Gasteiger partial charge in [0.05, 0.1) is 0 Å². The summed E-state index contributed by atoms with van der Waals surface area (Å²) in [6.45, 7) is 0. The molecule has 4 aromatic carbocycles. The lowest BCUT2D eigenvalue weighted by Crippen LogP contribution is -2.12. The van der Waals surface area contributed by atoms with Crippen molar-refractivity contribution in [2.75, 3.05) is 0 Å². The molecular weight excluding hydrogens is 386 g/mol. The van der Waals surface area contributed by atoms with Crippen molar-refractivity contribution in [3.8, 4) is 22.3 Å². The van der Waals surface area contributed by atoms with Gasteiger partial charge in [0.15, 0.2) is 0 Å². The van der Waals surface area contributed by atoms with Crippen molar-refractivity contribution in [3.63, 3.8) is 0 Å². The number of hydrogen-bond acceptors (Lipinski definition) is 1. The number of primary amides is 1. The molecular formula is C23H16BrNO. The molecule has 0 spiro atoms. The average molecular weight is 402 g/mol. The topological polar surface area (TPSA) is 43.1 Å². The van der Waals surface area contributed by atoms with Crippen molar-refractivity contribution >= 4 is 32.6 Å². The number of benzene rings is 4. The molecule has 1 amide bonds. The standard InChI is InChI=1S/C23H16BrNO/c24-22-19(18-8-4-5-9-20(18)23(25)26)13-12-16-10-11-17(14-21(16)22)15-6-2-1-3-7-15/h1-14H,(H2,25,26). The van der Waals surface area contributed by atoms with Gasteiger partial charge in [-0.15, -0.1) is 0 Å². The van der Waals surface area contributed by atoms with Gasteiger partial charge in [0.25, 0.3) is 0 Å². The van der Waals surface area contributed by atoms with Gasteiger partial charge < -0.3 is 5.73 Å². The first-order chi connectivity index (χ1) is 12.6. The second-order valence-electron chi connectivity index (χ2n) is 6.14. The molecule has 0 atom stereocenters. The molecule has 0 saturated carbocycles. The minimum atomic E-state index is -0.425. The lowest BCUT2D eigenvalue weighted by atomic mass is 9.95. The van der Waals surface area contributed by atoms with Crippen molar-refractivity contribution < 1.29 is 4.79 Å². The van der Waals surface area contributed by atoms with E-state index in [1.165, 1.54) is 5.56 Å². The van der Waals surface area contributed by atoms with Crippen LogP contribution in [0.4, 0.5) is 0 Å². The Bertz CT molecular complexity index is 1120. The summed E-state index contributed by atoms with van der Waals surface area (Å²) in [5.74, 6) is -0.425. The molecule has 0 saturated heterocycles. The smallest absolute Gasteiger partial charge is 0.249 e. The number of hydrogen-bond donors (Lipinski definition) is 1. The zero-order valence-corrected chi connectivity index (χ0v) is 15.5. The fourth-order valence-corrected chi connectivity index (χ4v) is 3.92. The number of fused-ring (bicyclic) bond motifs is 1. The molecule has 2 N–H and O–H groups in total. The van der Waals surface area contributed by atoms with Crippen LogP contribution in [-0.4, -0.2) is 5.91 Å². The van der Waals surface area contributed by atoms with E-state index in [1.807, 2.05) is 42.5 Å². The van der Waals surface area contributed by atoms with Crippen LogP contribution in [0, 0.1) is 0 Å². The normalized spacial score (nSPS) is 10.8. The minimum absolute atomic E-state index is 0.425. The molecule has 0 unspecified atom stereocenters. The van der Waals surface area contributed by atoms with E-state index in [9.17, 15) is 4.79 Å². The molecule has 0 aliphatic heterocycles. The molecule has 0 aromatic heterocycles. The van der Waals surface area contributed by atoms with E-state index in [0.29, 0.717) is 5.56 Å². The number of nitrogens with two attached hydrogens (primary N) is 1. The summed E-state index contributed by atoms with van der Waals surface area (Å²) >= 11 is 3.76. The van der Waals surface area contributed by atoms with E-state index in [-0.39, 0.29) is 0 Å². The lowest BCUT2D eigenvalue weighted by molar-refractivity contribution is 0.100. The predicted octanol–water partition coefficient (Wildman–Crippen LogP) is 6.04. The number of carbonyl (C=O) groups excluding carboxylic acids is 1. The van der Waals surface area contributed by atoms with Crippen LogP contribution in [0.25, 0.3) is 33.0 Å². The van der Waals surface area contributed by atoms with Crippen LogP contribution >= 0.6 is 15.9 Å². The molecule has 4 aromatic rings. The summed E-state index contributed by atoms with van der Waals surface area (Å²) in [6.07, 6.45) is 0. The van der Waals surface area contributed by atoms with E-state index >= 15 is 0 Å². The van der Waals surface area contributed by atoms with Gasteiger partial charge >= 0.3 is 0 Å². The highest BCUT2D eigenvalue weighted by Crippen LogP contribution is 2.37. The summed E-state index contributed by atoms with van der Waals surface area (Å²) in [6, 6.07) is 28.2. The highest BCUT2D eigenvalue weighted by Gasteiger charge is 2.14. The number of amides is 1. The summed E-state index contributed by atoms with van der Waals surface area (Å²) in [5.41, 5.74) is 10.2. The van der Waals surface area contributed by atoms with Crippen molar-refractivity contribution in [1.82, 2.24) is 0 Å². The quantitative estimate of drug-likeness (QED) is 0.446. The number of carbonyl (C=O) groups is 1. The van der Waals surface area contributed by atoms with Crippen LogP contribution in [0.2, 0.25) is 0 Å². The first kappa shape index (κ1) is 16.6. The third kappa shape index (κ3) is 2.91. The number of halogens is 1. The van der Waals surface area contributed by atoms with Crippen LogP contribution in [0.15, 0.2) is 89.4 Å². The predicted molar refractivity (Wildman–Crippen MR) is 111 cm³/mol. The highest BCUT2D eigenvalue weighted by atomic mass is 79.9. The Morgan fingerprint density at radius 2 is 1.42 bits per heavy atom. The molecule has 0 radical (unpaired) electrons. The Morgan fingerprint density at radius 3 is 2.19 bits per heavy atom. The van der Waals surface area contributed by atoms with Gasteiger partial charge in [0.2, 0.25) is 5.91 Å². The van der Waals surface area contributed by atoms with E-state index in [1.54, 1.807) is 6.07 Å². The van der Waals surface area contributed by atoms with Crippen molar-refractivity contribution in [3.05, 3.63) is 95.0 Å². The van der Waals surface area contributed by atoms with E-state index < -0.39 is 5.91 Å². The molecule has 126 valence electrons. The van der Waals surface area contributed by atoms with Crippen LogP contribution in [0.5, 0.6) is 0 Å². The fourth-order valence-electron chi connectivity index (χ4n) is 3.23. The maximum atomic E-state index is 11.8. The second kappa shape index (κ2) is 6.77. The number of rotatable bonds is 3. The van der Waals surface area contributed by atoms with Crippen molar-refractivity contribution in [2.24, 2.45) is 5.73 Å². The third-order valence-electron chi connectivity index (χ3n) is 4.55. The maximum Gasteiger partial charge on any atom is 0.249 e. The molecule has 4 rings (SSSR count). The Morgan fingerprint density at radius 1 is 0.731 bits per heavy atom. The summed E-state index contributed by atoms with van der Waals surface area (Å²) in [5, 5.41) is 2.24. The highest BCUT2D eigenvalue weighted by molar-refractivity contribution is 9.10. The zero-order chi connectivity index (χ0) is 18.1. The third-order valence-corrected chi connectivity index (χ3v) is 5.40. The van der Waals surface area contributed by atoms with E-state index in [4.69, 9.17) is 5.73 Å². The molecule has 26 heavy (non-hydrogen) atoms. The second-order valence-corrected chi connectivity index (χ2v) is 6.93. The van der Waals surface area contributed by atoms with Crippen molar-refractivity contribution in [1.29, 1.82) is 0 Å². The van der Waals surface area contributed by atoms with Crippen LogP contribution < -0.4 is 5.73 Å². The molecule has 2 nitrogen and oxygen atoms in total. The van der Waals surface area contributed by atoms with Crippen LogP contribution in [-0.2, 0) is 0 Å². The monoisotopic (exact) mass is 401 g/mol. The van der Waals surface area contributed by atoms with Crippen LogP contribution in [0.3, 0.4) is 0 Å². The SMILES string of the molecule is NC(=O)c1ccccc1-c1ccc2ccc(-c3ccccc3)cc2c1Br. The summed E-state index contributed by atoms with van der Waals surface area (Å²) < 4.78 is 0.960. The summed E-state index contributed by atoms with van der Waals surface area (Å²) in [4.78, 5) is 11.8. The van der Waals surface area contributed by atoms with E-state index in [2.05, 4.69) is 52.3 Å². The maximum absolute atomic E-state index is 11.8. The van der Waals surface area contributed by atoms with Crippen LogP contribution in [0.1, 0.15) is 10.4 Å². The Balaban J connectivity index is 1.94. The van der Waals surface area contributed by atoms with Gasteiger partial charge in [-0.05, 0) is 61.1 Å². The van der Waals surface area contributed by atoms with Gasteiger partial charge in [-0.1, -0.05) is 72.8 Å². The lowest BCUT2D eigenvalue weighted by Gasteiger charge is -2.12. The first-order valence-corrected chi connectivity index (χ1v) is 9.11. The molecule has 0 fully saturated rings. The average Bonchev–Trinajstić information content (AvgIpc) is 2.69. The molecule has 0 heterocycles. The van der Waals surface area contributed by atoms with Gasteiger partial charge in [-0.3, -0.25) is 4.79 Å². The Labute approximate surface area is 160 Å². The molecule has 3 heteroatoms. The molecule has 0 aliphatic carbocycles. The zero-order valence-electron chi connectivity index (χ0n) is 13.9. The molecule has 0 bridgehead atoms. The largest absolute Gasteiger partial charge is 0.366 e. The van der Waals surface area contributed by atoms with Crippen molar-refractivity contribution in [2.45, 2.75) is 0 Å². The Hall–Kier alpha value is -2.91. The fraction of sp³-hybridized carbons (Fsp3) is 0. The van der Waals surface area contributed by atoms with Gasteiger partial charge in [0, 0.05) is 10.0 Å². The summed E-state index contributed by atoms with van der Waals surface area (Å²) in [7, 11) is 0.